The van der Waals surface area contributed by atoms with E-state index in [0.717, 1.165) is 11.3 Å². The monoisotopic (exact) mass is 329 g/mol. The Balaban J connectivity index is 1.70. The Morgan fingerprint density at radius 1 is 1.00 bits per heavy atom. The highest BCUT2D eigenvalue weighted by Crippen LogP contribution is 2.22. The summed E-state index contributed by atoms with van der Waals surface area (Å²) in [6, 6.07) is 17.1. The van der Waals surface area contributed by atoms with E-state index < -0.39 is 0 Å². The number of carbonyl (C=O) groups is 1. The first-order valence-corrected chi connectivity index (χ1v) is 7.84. The number of benzene rings is 2. The molecule has 1 N–H and O–H groups in total. The van der Waals surface area contributed by atoms with Crippen LogP contribution in [-0.4, -0.2) is 25.7 Å². The van der Waals surface area contributed by atoms with Crippen LogP contribution in [0.5, 0.6) is 0 Å². The number of amides is 1. The molecule has 2 heterocycles. The van der Waals surface area contributed by atoms with Crippen LogP contribution < -0.4 is 5.32 Å². The van der Waals surface area contributed by atoms with Crippen LogP contribution in [0.25, 0.3) is 16.7 Å². The Morgan fingerprint density at radius 2 is 1.76 bits per heavy atom. The van der Waals surface area contributed by atoms with E-state index in [1.165, 1.54) is 6.33 Å². The lowest BCUT2D eigenvalue weighted by Crippen LogP contribution is -2.13. The van der Waals surface area contributed by atoms with Gasteiger partial charge in [0.2, 0.25) is 0 Å². The highest BCUT2D eigenvalue weighted by molar-refractivity contribution is 6.07. The number of hydrogen-bond acceptors (Lipinski definition) is 4. The number of fused-ring (bicyclic) bond motifs is 1. The quantitative estimate of drug-likeness (QED) is 0.625. The molecular formula is C19H15N5O. The van der Waals surface area contributed by atoms with Gasteiger partial charge in [-0.05, 0) is 31.2 Å². The standard InChI is InChI=1S/C19H15N5O/c1-13-7-9-14(10-8-13)19(25)23-17-16-11-22-24(18(16)21-12-20-17)15-5-3-2-4-6-15/h2-12H,1H3,(H,20,21,23,25). The summed E-state index contributed by atoms with van der Waals surface area (Å²) < 4.78 is 1.72. The first-order chi connectivity index (χ1) is 12.2. The van der Waals surface area contributed by atoms with Crippen molar-refractivity contribution < 1.29 is 4.79 Å². The van der Waals surface area contributed by atoms with E-state index in [0.29, 0.717) is 22.4 Å². The van der Waals surface area contributed by atoms with Gasteiger partial charge in [0.15, 0.2) is 5.65 Å². The maximum atomic E-state index is 12.4. The molecule has 0 radical (unpaired) electrons. The van der Waals surface area contributed by atoms with E-state index in [4.69, 9.17) is 0 Å². The Morgan fingerprint density at radius 3 is 2.52 bits per heavy atom. The molecule has 6 heteroatoms. The zero-order valence-corrected chi connectivity index (χ0v) is 13.5. The average molecular weight is 329 g/mol. The van der Waals surface area contributed by atoms with E-state index >= 15 is 0 Å². The van der Waals surface area contributed by atoms with Crippen molar-refractivity contribution in [2.75, 3.05) is 5.32 Å². The van der Waals surface area contributed by atoms with Crippen LogP contribution >= 0.6 is 0 Å². The van der Waals surface area contributed by atoms with Gasteiger partial charge < -0.3 is 5.32 Å². The fourth-order valence-electron chi connectivity index (χ4n) is 2.59. The molecule has 0 atom stereocenters. The van der Waals surface area contributed by atoms with Gasteiger partial charge in [-0.25, -0.2) is 14.6 Å². The summed E-state index contributed by atoms with van der Waals surface area (Å²) in [5.41, 5.74) is 3.21. The van der Waals surface area contributed by atoms with E-state index in [9.17, 15) is 4.79 Å². The topological polar surface area (TPSA) is 72.7 Å². The largest absolute Gasteiger partial charge is 0.306 e. The van der Waals surface area contributed by atoms with Crippen LogP contribution in [0.1, 0.15) is 15.9 Å². The van der Waals surface area contributed by atoms with Gasteiger partial charge in [-0.3, -0.25) is 4.79 Å². The summed E-state index contributed by atoms with van der Waals surface area (Å²) in [6.45, 7) is 1.98. The summed E-state index contributed by atoms with van der Waals surface area (Å²) in [6.07, 6.45) is 3.08. The number of nitrogens with one attached hydrogen (secondary N) is 1. The second-order valence-corrected chi connectivity index (χ2v) is 5.67. The average Bonchev–Trinajstić information content (AvgIpc) is 3.08. The van der Waals surface area contributed by atoms with Gasteiger partial charge in [-0.1, -0.05) is 35.9 Å². The molecule has 0 bridgehead atoms. The molecule has 4 aromatic rings. The number of para-hydroxylation sites is 1. The molecular weight excluding hydrogens is 314 g/mol. The summed E-state index contributed by atoms with van der Waals surface area (Å²) in [5, 5.41) is 7.91. The molecule has 0 aliphatic rings. The van der Waals surface area contributed by atoms with Gasteiger partial charge >= 0.3 is 0 Å². The van der Waals surface area contributed by atoms with Gasteiger partial charge in [0, 0.05) is 5.56 Å². The molecule has 0 saturated heterocycles. The molecule has 4 rings (SSSR count). The van der Waals surface area contributed by atoms with Crippen molar-refractivity contribution in [2.45, 2.75) is 6.92 Å². The number of aryl methyl sites for hydroxylation is 1. The predicted octanol–water partition coefficient (Wildman–Crippen LogP) is 3.38. The van der Waals surface area contributed by atoms with Crippen molar-refractivity contribution in [3.8, 4) is 5.69 Å². The molecule has 2 aromatic carbocycles. The summed E-state index contributed by atoms with van der Waals surface area (Å²) >= 11 is 0. The SMILES string of the molecule is Cc1ccc(C(=O)Nc2ncnc3c2cnn3-c2ccccc2)cc1. The van der Waals surface area contributed by atoms with Crippen LogP contribution in [0.4, 0.5) is 5.82 Å². The van der Waals surface area contributed by atoms with Gasteiger partial charge in [-0.2, -0.15) is 5.10 Å². The third-order valence-electron chi connectivity index (χ3n) is 3.91. The van der Waals surface area contributed by atoms with E-state index in [-0.39, 0.29) is 5.91 Å². The van der Waals surface area contributed by atoms with Gasteiger partial charge in [-0.15, -0.1) is 0 Å². The number of aromatic nitrogens is 4. The number of hydrogen-bond donors (Lipinski definition) is 1. The fourth-order valence-corrected chi connectivity index (χ4v) is 2.59. The van der Waals surface area contributed by atoms with Gasteiger partial charge in [0.25, 0.3) is 5.91 Å². The predicted molar refractivity (Wildman–Crippen MR) is 95.8 cm³/mol. The lowest BCUT2D eigenvalue weighted by Gasteiger charge is -2.06. The Labute approximate surface area is 144 Å². The molecule has 0 saturated carbocycles. The number of carbonyl (C=O) groups excluding carboxylic acids is 1. The van der Waals surface area contributed by atoms with Crippen LogP contribution in [0.2, 0.25) is 0 Å². The van der Waals surface area contributed by atoms with Crippen LogP contribution in [0.15, 0.2) is 67.1 Å². The minimum absolute atomic E-state index is 0.215. The second kappa shape index (κ2) is 6.16. The van der Waals surface area contributed by atoms with Crippen molar-refractivity contribution in [1.82, 2.24) is 19.7 Å². The van der Waals surface area contributed by atoms with Gasteiger partial charge in [0.05, 0.1) is 17.3 Å². The lowest BCUT2D eigenvalue weighted by atomic mass is 10.1. The summed E-state index contributed by atoms with van der Waals surface area (Å²) in [4.78, 5) is 21.0. The number of anilines is 1. The minimum atomic E-state index is -0.215. The third-order valence-corrected chi connectivity index (χ3v) is 3.91. The molecule has 0 aliphatic heterocycles. The first-order valence-electron chi connectivity index (χ1n) is 7.84. The zero-order chi connectivity index (χ0) is 17.2. The van der Waals surface area contributed by atoms with E-state index in [1.54, 1.807) is 23.0 Å². The highest BCUT2D eigenvalue weighted by atomic mass is 16.1. The third kappa shape index (κ3) is 2.85. The number of nitrogens with zero attached hydrogens (tertiary/aromatic N) is 4. The Hall–Kier alpha value is -3.54. The zero-order valence-electron chi connectivity index (χ0n) is 13.5. The summed E-state index contributed by atoms with van der Waals surface area (Å²) in [7, 11) is 0. The van der Waals surface area contributed by atoms with Crippen LogP contribution in [-0.2, 0) is 0 Å². The van der Waals surface area contributed by atoms with Crippen LogP contribution in [0.3, 0.4) is 0 Å². The van der Waals surface area contributed by atoms with E-state index in [1.807, 2.05) is 49.4 Å². The molecule has 0 fully saturated rings. The van der Waals surface area contributed by atoms with E-state index in [2.05, 4.69) is 20.4 Å². The van der Waals surface area contributed by atoms with Crippen molar-refractivity contribution in [3.05, 3.63) is 78.2 Å². The summed E-state index contributed by atoms with van der Waals surface area (Å²) in [5.74, 6) is 0.227. The lowest BCUT2D eigenvalue weighted by molar-refractivity contribution is 0.102. The normalized spacial score (nSPS) is 10.8. The fraction of sp³-hybridized carbons (Fsp3) is 0.0526. The molecule has 0 spiro atoms. The van der Waals surface area contributed by atoms with Crippen molar-refractivity contribution >= 4 is 22.8 Å². The number of rotatable bonds is 3. The first kappa shape index (κ1) is 15.0. The highest BCUT2D eigenvalue weighted by Gasteiger charge is 2.14. The maximum absolute atomic E-state index is 12.4. The molecule has 0 aliphatic carbocycles. The molecule has 6 nitrogen and oxygen atoms in total. The smallest absolute Gasteiger partial charge is 0.256 e. The van der Waals surface area contributed by atoms with Crippen molar-refractivity contribution in [1.29, 1.82) is 0 Å². The second-order valence-electron chi connectivity index (χ2n) is 5.67. The minimum Gasteiger partial charge on any atom is -0.306 e. The molecule has 2 aromatic heterocycles. The maximum Gasteiger partial charge on any atom is 0.256 e. The van der Waals surface area contributed by atoms with Crippen molar-refractivity contribution in [2.24, 2.45) is 0 Å². The molecule has 1 amide bonds. The Kier molecular flexibility index (Phi) is 3.70. The van der Waals surface area contributed by atoms with Gasteiger partial charge in [0.1, 0.15) is 12.1 Å². The van der Waals surface area contributed by atoms with Crippen molar-refractivity contribution in [3.63, 3.8) is 0 Å². The molecule has 25 heavy (non-hydrogen) atoms. The Bertz CT molecular complexity index is 1040. The molecule has 0 unspecified atom stereocenters. The van der Waals surface area contributed by atoms with Crippen LogP contribution in [0, 0.1) is 6.92 Å². The molecule has 122 valence electrons.